The normalized spacial score (nSPS) is 12.5. The molecule has 1 aromatic rings. The van der Waals surface area contributed by atoms with Crippen LogP contribution in [0.15, 0.2) is 12.1 Å². The minimum absolute atomic E-state index is 0.234. The first-order valence-electron chi connectivity index (χ1n) is 4.41. The zero-order valence-electron chi connectivity index (χ0n) is 8.30. The first-order chi connectivity index (χ1) is 6.77. The Morgan fingerprint density at radius 3 is 2.71 bits per heavy atom. The largest absolute Gasteiger partial charge is 0.480 e. The van der Waals surface area contributed by atoms with Gasteiger partial charge in [0, 0.05) is 12.7 Å². The average Bonchev–Trinajstić information content (AvgIpc) is 2.26. The van der Waals surface area contributed by atoms with Gasteiger partial charge in [0.2, 0.25) is 5.88 Å². The zero-order chi connectivity index (χ0) is 10.4. The maximum absolute atomic E-state index is 9.55. The third-order valence-corrected chi connectivity index (χ3v) is 1.69. The quantitative estimate of drug-likeness (QED) is 0.748. The van der Waals surface area contributed by atoms with Crippen molar-refractivity contribution in [1.29, 1.82) is 0 Å². The van der Waals surface area contributed by atoms with E-state index >= 15 is 0 Å². The lowest BCUT2D eigenvalue weighted by Crippen LogP contribution is -2.09. The van der Waals surface area contributed by atoms with Gasteiger partial charge in [-0.3, -0.25) is 0 Å². The van der Waals surface area contributed by atoms with E-state index in [2.05, 4.69) is 10.2 Å². The number of aliphatic hydroxyl groups is 1. The second kappa shape index (κ2) is 5.51. The molecule has 5 nitrogen and oxygen atoms in total. The summed E-state index contributed by atoms with van der Waals surface area (Å²) in [4.78, 5) is 0. The van der Waals surface area contributed by atoms with Crippen molar-refractivity contribution < 1.29 is 14.6 Å². The van der Waals surface area contributed by atoms with Crippen molar-refractivity contribution in [3.63, 3.8) is 0 Å². The number of methoxy groups -OCH3 is 1. The molecule has 0 spiro atoms. The lowest BCUT2D eigenvalue weighted by atomic mass is 10.2. The van der Waals surface area contributed by atoms with Crippen molar-refractivity contribution in [2.24, 2.45) is 0 Å². The van der Waals surface area contributed by atoms with Gasteiger partial charge in [-0.15, -0.1) is 10.2 Å². The van der Waals surface area contributed by atoms with Crippen LogP contribution in [0.25, 0.3) is 0 Å². The Balaban J connectivity index is 2.57. The molecule has 1 heterocycles. The van der Waals surface area contributed by atoms with Crippen molar-refractivity contribution in [2.75, 3.05) is 20.3 Å². The van der Waals surface area contributed by atoms with Crippen LogP contribution in [0.2, 0.25) is 0 Å². The van der Waals surface area contributed by atoms with E-state index in [1.807, 2.05) is 6.92 Å². The Morgan fingerprint density at radius 2 is 2.21 bits per heavy atom. The summed E-state index contributed by atoms with van der Waals surface area (Å²) >= 11 is 0. The fourth-order valence-electron chi connectivity index (χ4n) is 0.932. The number of aromatic nitrogens is 2. The highest BCUT2D eigenvalue weighted by atomic mass is 16.5. The summed E-state index contributed by atoms with van der Waals surface area (Å²) in [5.74, 6) is 0.428. The van der Waals surface area contributed by atoms with Crippen LogP contribution in [0.1, 0.15) is 18.7 Å². The molecule has 1 N–H and O–H groups in total. The van der Waals surface area contributed by atoms with Crippen LogP contribution in [0.5, 0.6) is 5.88 Å². The molecule has 0 bridgehead atoms. The highest BCUT2D eigenvalue weighted by Crippen LogP contribution is 2.11. The number of aliphatic hydroxyl groups excluding tert-OH is 1. The molecular formula is C9H14N2O3. The van der Waals surface area contributed by atoms with Crippen molar-refractivity contribution in [1.82, 2.24) is 10.2 Å². The van der Waals surface area contributed by atoms with Gasteiger partial charge < -0.3 is 14.6 Å². The molecule has 1 aromatic heterocycles. The number of hydrogen-bond acceptors (Lipinski definition) is 5. The van der Waals surface area contributed by atoms with Crippen LogP contribution in [-0.2, 0) is 4.74 Å². The first kappa shape index (κ1) is 10.9. The highest BCUT2D eigenvalue weighted by Gasteiger charge is 2.09. The minimum Gasteiger partial charge on any atom is -0.480 e. The Labute approximate surface area is 82.7 Å². The van der Waals surface area contributed by atoms with E-state index in [0.717, 1.165) is 0 Å². The number of ether oxygens (including phenoxy) is 2. The summed E-state index contributed by atoms with van der Waals surface area (Å²) in [7, 11) is 1.51. The van der Waals surface area contributed by atoms with Crippen LogP contribution in [0, 0.1) is 0 Å². The van der Waals surface area contributed by atoms with E-state index in [1.165, 1.54) is 7.11 Å². The third kappa shape index (κ3) is 2.93. The molecule has 0 aliphatic heterocycles. The molecule has 0 amide bonds. The maximum Gasteiger partial charge on any atom is 0.233 e. The van der Waals surface area contributed by atoms with Gasteiger partial charge in [0.25, 0.3) is 0 Å². The van der Waals surface area contributed by atoms with E-state index in [4.69, 9.17) is 9.47 Å². The van der Waals surface area contributed by atoms with Crippen molar-refractivity contribution in [2.45, 2.75) is 13.0 Å². The minimum atomic E-state index is -0.728. The first-order valence-corrected chi connectivity index (χ1v) is 4.41. The summed E-state index contributed by atoms with van der Waals surface area (Å²) < 4.78 is 9.90. The van der Waals surface area contributed by atoms with Crippen LogP contribution in [-0.4, -0.2) is 35.6 Å². The molecule has 1 unspecified atom stereocenters. The van der Waals surface area contributed by atoms with Gasteiger partial charge in [-0.05, 0) is 13.0 Å². The molecule has 1 atom stereocenters. The van der Waals surface area contributed by atoms with Gasteiger partial charge in [0.1, 0.15) is 6.10 Å². The topological polar surface area (TPSA) is 64.5 Å². The lowest BCUT2D eigenvalue weighted by Gasteiger charge is -2.08. The number of nitrogens with zero attached hydrogens (tertiary/aromatic N) is 2. The van der Waals surface area contributed by atoms with E-state index in [1.54, 1.807) is 12.1 Å². The molecule has 1 rings (SSSR count). The maximum atomic E-state index is 9.55. The van der Waals surface area contributed by atoms with E-state index in [-0.39, 0.29) is 6.61 Å². The smallest absolute Gasteiger partial charge is 0.233 e. The number of hydrogen-bond donors (Lipinski definition) is 1. The fourth-order valence-corrected chi connectivity index (χ4v) is 0.932. The molecule has 5 heteroatoms. The van der Waals surface area contributed by atoms with E-state index in [9.17, 15) is 5.11 Å². The van der Waals surface area contributed by atoms with Crippen molar-refractivity contribution in [3.8, 4) is 5.88 Å². The van der Waals surface area contributed by atoms with Crippen LogP contribution in [0.4, 0.5) is 0 Å². The number of rotatable bonds is 5. The predicted molar refractivity (Wildman–Crippen MR) is 50.0 cm³/mol. The van der Waals surface area contributed by atoms with Gasteiger partial charge in [-0.25, -0.2) is 0 Å². The Bertz CT molecular complexity index is 263. The van der Waals surface area contributed by atoms with Crippen LogP contribution in [0.3, 0.4) is 0 Å². The summed E-state index contributed by atoms with van der Waals surface area (Å²) in [5, 5.41) is 17.1. The molecule has 0 aliphatic carbocycles. The Kier molecular flexibility index (Phi) is 4.28. The molecular weight excluding hydrogens is 184 g/mol. The van der Waals surface area contributed by atoms with Crippen LogP contribution < -0.4 is 4.74 Å². The van der Waals surface area contributed by atoms with E-state index in [0.29, 0.717) is 18.2 Å². The van der Waals surface area contributed by atoms with Crippen molar-refractivity contribution >= 4 is 0 Å². The molecule has 0 saturated carbocycles. The molecule has 14 heavy (non-hydrogen) atoms. The second-order valence-corrected chi connectivity index (χ2v) is 2.68. The molecule has 0 aromatic carbocycles. The Hall–Kier alpha value is -1.20. The SMILES string of the molecule is CCOCC(O)c1ccc(OC)nn1. The van der Waals surface area contributed by atoms with Crippen LogP contribution >= 0.6 is 0 Å². The Morgan fingerprint density at radius 1 is 1.43 bits per heavy atom. The molecule has 0 aliphatic rings. The fraction of sp³-hybridized carbons (Fsp3) is 0.556. The summed E-state index contributed by atoms with van der Waals surface area (Å²) in [6.45, 7) is 2.67. The molecule has 0 fully saturated rings. The highest BCUT2D eigenvalue weighted by molar-refractivity contribution is 5.12. The summed E-state index contributed by atoms with van der Waals surface area (Å²) in [5.41, 5.74) is 0.485. The average molecular weight is 198 g/mol. The summed E-state index contributed by atoms with van der Waals surface area (Å²) in [6.07, 6.45) is -0.728. The summed E-state index contributed by atoms with van der Waals surface area (Å²) in [6, 6.07) is 3.31. The van der Waals surface area contributed by atoms with E-state index < -0.39 is 6.10 Å². The van der Waals surface area contributed by atoms with Gasteiger partial charge in [-0.2, -0.15) is 0 Å². The monoisotopic (exact) mass is 198 g/mol. The molecule has 78 valence electrons. The van der Waals surface area contributed by atoms with Crippen molar-refractivity contribution in [3.05, 3.63) is 17.8 Å². The predicted octanol–water partition coefficient (Wildman–Crippen LogP) is 0.555. The van der Waals surface area contributed by atoms with Gasteiger partial charge in [-0.1, -0.05) is 0 Å². The zero-order valence-corrected chi connectivity index (χ0v) is 8.30. The van der Waals surface area contributed by atoms with Gasteiger partial charge in [0.05, 0.1) is 19.4 Å². The standard InChI is InChI=1S/C9H14N2O3/c1-3-14-6-8(12)7-4-5-9(13-2)11-10-7/h4-5,8,12H,3,6H2,1-2H3. The lowest BCUT2D eigenvalue weighted by molar-refractivity contribution is 0.0392. The molecule has 0 radical (unpaired) electrons. The second-order valence-electron chi connectivity index (χ2n) is 2.68. The molecule has 0 saturated heterocycles. The van der Waals surface area contributed by atoms with Gasteiger partial charge >= 0.3 is 0 Å². The van der Waals surface area contributed by atoms with Gasteiger partial charge in [0.15, 0.2) is 0 Å². The third-order valence-electron chi connectivity index (χ3n) is 1.69.